The van der Waals surface area contributed by atoms with Gasteiger partial charge in [-0.1, -0.05) is 53.0 Å². The first-order valence-corrected chi connectivity index (χ1v) is 6.64. The Bertz CT molecular complexity index is 599. The maximum Gasteiger partial charge on any atom is 0.123 e. The molecule has 0 spiro atoms. The first-order chi connectivity index (χ1) is 9.04. The molecule has 0 saturated carbocycles. The Morgan fingerprint density at radius 1 is 1.11 bits per heavy atom. The molecule has 4 heteroatoms. The van der Waals surface area contributed by atoms with E-state index >= 15 is 0 Å². The monoisotopic (exact) mass is 295 g/mol. The predicted octanol–water partition coefficient (Wildman–Crippen LogP) is 4.36. The van der Waals surface area contributed by atoms with E-state index in [9.17, 15) is 0 Å². The van der Waals surface area contributed by atoms with Crippen molar-refractivity contribution >= 4 is 23.2 Å². The molecule has 0 radical (unpaired) electrons. The molecule has 0 aliphatic carbocycles. The fourth-order valence-corrected chi connectivity index (χ4v) is 2.45. The predicted molar refractivity (Wildman–Crippen MR) is 80.2 cm³/mol. The van der Waals surface area contributed by atoms with Crippen LogP contribution in [-0.2, 0) is 0 Å². The van der Waals surface area contributed by atoms with Crippen molar-refractivity contribution in [1.29, 1.82) is 0 Å². The normalized spacial score (nSPS) is 12.3. The van der Waals surface area contributed by atoms with Gasteiger partial charge in [0.2, 0.25) is 0 Å². The van der Waals surface area contributed by atoms with E-state index in [1.807, 2.05) is 37.3 Å². The van der Waals surface area contributed by atoms with Gasteiger partial charge in [-0.15, -0.1) is 0 Å². The molecule has 2 aromatic carbocycles. The maximum atomic E-state index is 6.31. The summed E-state index contributed by atoms with van der Waals surface area (Å²) in [6.45, 7) is 2.01. The van der Waals surface area contributed by atoms with Crippen molar-refractivity contribution in [2.45, 2.75) is 13.0 Å². The molecule has 2 rings (SSSR count). The summed E-state index contributed by atoms with van der Waals surface area (Å²) in [7, 11) is 1.63. The van der Waals surface area contributed by atoms with Gasteiger partial charge >= 0.3 is 0 Å². The lowest BCUT2D eigenvalue weighted by atomic mass is 9.97. The van der Waals surface area contributed by atoms with Crippen molar-refractivity contribution in [3.05, 3.63) is 63.1 Å². The summed E-state index contributed by atoms with van der Waals surface area (Å²) in [6.07, 6.45) is 0. The molecule has 2 N–H and O–H groups in total. The number of nitrogens with two attached hydrogens (primary N) is 1. The first kappa shape index (κ1) is 14.2. The zero-order chi connectivity index (χ0) is 14.0. The average Bonchev–Trinajstić information content (AvgIpc) is 2.41. The standard InChI is InChI=1S/C15H15Cl2NO/c1-9-6-7-13(19-2)11(8-9)15(18)10-4-3-5-12(16)14(10)17/h3-8,15H,18H2,1-2H3. The largest absolute Gasteiger partial charge is 0.496 e. The van der Waals surface area contributed by atoms with Crippen LogP contribution in [0.2, 0.25) is 10.0 Å². The molecule has 0 amide bonds. The number of methoxy groups -OCH3 is 1. The summed E-state index contributed by atoms with van der Waals surface area (Å²) in [4.78, 5) is 0. The van der Waals surface area contributed by atoms with Crippen molar-refractivity contribution in [3.63, 3.8) is 0 Å². The van der Waals surface area contributed by atoms with Crippen molar-refractivity contribution in [3.8, 4) is 5.75 Å². The quantitative estimate of drug-likeness (QED) is 0.913. The van der Waals surface area contributed by atoms with Gasteiger partial charge in [0, 0.05) is 5.56 Å². The van der Waals surface area contributed by atoms with Gasteiger partial charge in [0.05, 0.1) is 23.2 Å². The molecule has 0 aliphatic heterocycles. The molecule has 0 fully saturated rings. The van der Waals surface area contributed by atoms with Gasteiger partial charge < -0.3 is 10.5 Å². The summed E-state index contributed by atoms with van der Waals surface area (Å²) >= 11 is 12.3. The van der Waals surface area contributed by atoms with E-state index in [4.69, 9.17) is 33.7 Å². The van der Waals surface area contributed by atoms with Crippen LogP contribution >= 0.6 is 23.2 Å². The van der Waals surface area contributed by atoms with Gasteiger partial charge in [0.1, 0.15) is 5.75 Å². The van der Waals surface area contributed by atoms with Crippen molar-refractivity contribution in [2.75, 3.05) is 7.11 Å². The van der Waals surface area contributed by atoms with E-state index < -0.39 is 0 Å². The van der Waals surface area contributed by atoms with Crippen LogP contribution < -0.4 is 10.5 Å². The Balaban J connectivity index is 2.52. The summed E-state index contributed by atoms with van der Waals surface area (Å²) in [5, 5.41) is 0.987. The van der Waals surface area contributed by atoms with E-state index in [1.165, 1.54) is 0 Å². The van der Waals surface area contributed by atoms with Gasteiger partial charge in [-0.25, -0.2) is 0 Å². The smallest absolute Gasteiger partial charge is 0.123 e. The van der Waals surface area contributed by atoms with E-state index in [0.29, 0.717) is 10.0 Å². The Morgan fingerprint density at radius 3 is 2.53 bits per heavy atom. The van der Waals surface area contributed by atoms with Crippen molar-refractivity contribution in [2.24, 2.45) is 5.73 Å². The number of ether oxygens (including phenoxy) is 1. The highest BCUT2D eigenvalue weighted by atomic mass is 35.5. The summed E-state index contributed by atoms with van der Waals surface area (Å²) in [5.41, 5.74) is 9.11. The second-order valence-electron chi connectivity index (χ2n) is 4.37. The zero-order valence-corrected chi connectivity index (χ0v) is 12.3. The van der Waals surface area contributed by atoms with Crippen molar-refractivity contribution < 1.29 is 4.74 Å². The maximum absolute atomic E-state index is 6.31. The van der Waals surface area contributed by atoms with Crippen molar-refractivity contribution in [1.82, 2.24) is 0 Å². The lowest BCUT2D eigenvalue weighted by Gasteiger charge is -2.18. The average molecular weight is 296 g/mol. The lowest BCUT2D eigenvalue weighted by molar-refractivity contribution is 0.407. The first-order valence-electron chi connectivity index (χ1n) is 5.88. The molecule has 2 nitrogen and oxygen atoms in total. The Labute approximate surface area is 123 Å². The fourth-order valence-electron chi connectivity index (χ4n) is 2.03. The van der Waals surface area contributed by atoms with Crippen LogP contribution in [0, 0.1) is 6.92 Å². The van der Waals surface area contributed by atoms with Gasteiger partial charge in [-0.05, 0) is 24.6 Å². The Hall–Kier alpha value is -1.22. The highest BCUT2D eigenvalue weighted by molar-refractivity contribution is 6.42. The van der Waals surface area contributed by atoms with Gasteiger partial charge in [-0.3, -0.25) is 0 Å². The molecule has 2 aromatic rings. The number of hydrogen-bond acceptors (Lipinski definition) is 2. The van der Waals surface area contributed by atoms with Crippen LogP contribution in [0.5, 0.6) is 5.75 Å². The molecule has 1 unspecified atom stereocenters. The topological polar surface area (TPSA) is 35.2 Å². The number of rotatable bonds is 3. The Kier molecular flexibility index (Phi) is 4.35. The van der Waals surface area contributed by atoms with Crippen LogP contribution in [0.25, 0.3) is 0 Å². The number of hydrogen-bond donors (Lipinski definition) is 1. The minimum Gasteiger partial charge on any atom is -0.496 e. The van der Waals surface area contributed by atoms with Gasteiger partial charge in [0.15, 0.2) is 0 Å². The highest BCUT2D eigenvalue weighted by Gasteiger charge is 2.18. The molecular formula is C15H15Cl2NO. The Morgan fingerprint density at radius 2 is 1.84 bits per heavy atom. The summed E-state index contributed by atoms with van der Waals surface area (Å²) in [5.74, 6) is 0.745. The van der Waals surface area contributed by atoms with E-state index in [1.54, 1.807) is 13.2 Å². The lowest BCUT2D eigenvalue weighted by Crippen LogP contribution is -2.14. The molecular weight excluding hydrogens is 281 g/mol. The highest BCUT2D eigenvalue weighted by Crippen LogP contribution is 2.35. The van der Waals surface area contributed by atoms with Crippen LogP contribution in [0.3, 0.4) is 0 Å². The molecule has 19 heavy (non-hydrogen) atoms. The summed E-state index contributed by atoms with van der Waals surface area (Å²) < 4.78 is 5.36. The molecule has 0 saturated heterocycles. The number of halogens is 2. The van der Waals surface area contributed by atoms with E-state index in [-0.39, 0.29) is 6.04 Å². The molecule has 0 heterocycles. The third-order valence-corrected chi connectivity index (χ3v) is 3.87. The van der Waals surface area contributed by atoms with E-state index in [2.05, 4.69) is 0 Å². The van der Waals surface area contributed by atoms with Crippen LogP contribution in [0.15, 0.2) is 36.4 Å². The zero-order valence-electron chi connectivity index (χ0n) is 10.8. The minimum atomic E-state index is -0.374. The molecule has 1 atom stereocenters. The second-order valence-corrected chi connectivity index (χ2v) is 5.15. The van der Waals surface area contributed by atoms with Crippen LogP contribution in [-0.4, -0.2) is 7.11 Å². The summed E-state index contributed by atoms with van der Waals surface area (Å²) in [6, 6.07) is 11.0. The number of aryl methyl sites for hydroxylation is 1. The minimum absolute atomic E-state index is 0.374. The molecule has 0 bridgehead atoms. The molecule has 0 aromatic heterocycles. The third kappa shape index (κ3) is 2.86. The van der Waals surface area contributed by atoms with Gasteiger partial charge in [0.25, 0.3) is 0 Å². The van der Waals surface area contributed by atoms with Crippen LogP contribution in [0.4, 0.5) is 0 Å². The third-order valence-electron chi connectivity index (χ3n) is 3.04. The second kappa shape index (κ2) is 5.83. The molecule has 100 valence electrons. The van der Waals surface area contributed by atoms with E-state index in [0.717, 1.165) is 22.4 Å². The number of benzene rings is 2. The fraction of sp³-hybridized carbons (Fsp3) is 0.200. The molecule has 0 aliphatic rings. The SMILES string of the molecule is COc1ccc(C)cc1C(N)c1cccc(Cl)c1Cl. The van der Waals surface area contributed by atoms with Gasteiger partial charge in [-0.2, -0.15) is 0 Å². The van der Waals surface area contributed by atoms with Crippen LogP contribution in [0.1, 0.15) is 22.7 Å².